The van der Waals surface area contributed by atoms with Crippen LogP contribution >= 0.6 is 11.8 Å². The van der Waals surface area contributed by atoms with E-state index in [0.29, 0.717) is 22.4 Å². The quantitative estimate of drug-likeness (QED) is 0.639. The first kappa shape index (κ1) is 19.0. The summed E-state index contributed by atoms with van der Waals surface area (Å²) in [6.07, 6.45) is -0.0526. The molecule has 29 heavy (non-hydrogen) atoms. The largest absolute Gasteiger partial charge is 0.497 e. The molecule has 0 unspecified atom stereocenters. The predicted molar refractivity (Wildman–Crippen MR) is 108 cm³/mol. The third kappa shape index (κ3) is 4.24. The smallest absolute Gasteiger partial charge is 0.304 e. The zero-order valence-corrected chi connectivity index (χ0v) is 16.4. The minimum Gasteiger partial charge on any atom is -0.497 e. The van der Waals surface area contributed by atoms with E-state index in [-0.39, 0.29) is 18.3 Å². The topological polar surface area (TPSA) is 98.8 Å². The van der Waals surface area contributed by atoms with Crippen molar-refractivity contribution in [3.63, 3.8) is 0 Å². The van der Waals surface area contributed by atoms with Crippen molar-refractivity contribution < 1.29 is 19.4 Å². The molecule has 0 bridgehead atoms. The van der Waals surface area contributed by atoms with Crippen molar-refractivity contribution in [3.05, 3.63) is 66.0 Å². The second-order valence-corrected chi connectivity index (χ2v) is 7.40. The SMILES string of the molecule is COc1ccc(OCc2nnc3n2N=C(c2ccccc2)[C@H](CC(=O)O)S3)cc1. The summed E-state index contributed by atoms with van der Waals surface area (Å²) in [6, 6.07) is 16.8. The maximum atomic E-state index is 11.3. The van der Waals surface area contributed by atoms with Gasteiger partial charge >= 0.3 is 5.97 Å². The Morgan fingerprint density at radius 3 is 2.52 bits per heavy atom. The summed E-state index contributed by atoms with van der Waals surface area (Å²) in [7, 11) is 1.61. The van der Waals surface area contributed by atoms with Crippen LogP contribution in [-0.2, 0) is 11.4 Å². The lowest BCUT2D eigenvalue weighted by Crippen LogP contribution is -2.27. The van der Waals surface area contributed by atoms with Crippen molar-refractivity contribution >= 4 is 23.4 Å². The summed E-state index contributed by atoms with van der Waals surface area (Å²) in [5, 5.41) is 22.5. The number of aromatic nitrogens is 3. The molecule has 0 spiro atoms. The maximum absolute atomic E-state index is 11.3. The second kappa shape index (κ2) is 8.36. The van der Waals surface area contributed by atoms with Crippen LogP contribution in [0.3, 0.4) is 0 Å². The van der Waals surface area contributed by atoms with Gasteiger partial charge in [0.15, 0.2) is 5.82 Å². The standard InChI is InChI=1S/C20H18N4O4S/c1-27-14-7-9-15(10-8-14)28-12-17-21-22-20-24(17)23-19(13-5-3-2-4-6-13)16(29-20)11-18(25)26/h2-10,16H,11-12H2,1H3,(H,25,26)/t16-/m0/s1. The molecule has 1 aliphatic heterocycles. The monoisotopic (exact) mass is 410 g/mol. The number of hydrogen-bond donors (Lipinski definition) is 1. The molecular formula is C20H18N4O4S. The lowest BCUT2D eigenvalue weighted by Gasteiger charge is -2.22. The lowest BCUT2D eigenvalue weighted by molar-refractivity contribution is -0.136. The van der Waals surface area contributed by atoms with Crippen molar-refractivity contribution in [3.8, 4) is 11.5 Å². The molecule has 0 fully saturated rings. The molecule has 1 N–H and O–H groups in total. The van der Waals surface area contributed by atoms with Crippen molar-refractivity contribution in [2.45, 2.75) is 23.4 Å². The van der Waals surface area contributed by atoms with Crippen molar-refractivity contribution in [1.82, 2.24) is 14.9 Å². The van der Waals surface area contributed by atoms with Crippen LogP contribution in [0.2, 0.25) is 0 Å². The van der Waals surface area contributed by atoms with Gasteiger partial charge in [-0.25, -0.2) is 0 Å². The van der Waals surface area contributed by atoms with Gasteiger partial charge in [-0.15, -0.1) is 10.2 Å². The number of ether oxygens (including phenoxy) is 2. The van der Waals surface area contributed by atoms with Gasteiger partial charge in [0.2, 0.25) is 5.16 Å². The predicted octanol–water partition coefficient (Wildman–Crippen LogP) is 3.07. The fraction of sp³-hybridized carbons (Fsp3) is 0.200. The Balaban J connectivity index is 1.60. The molecule has 0 amide bonds. The van der Waals surface area contributed by atoms with Crippen LogP contribution in [-0.4, -0.2) is 44.0 Å². The van der Waals surface area contributed by atoms with Gasteiger partial charge in [-0.1, -0.05) is 42.1 Å². The number of aliphatic carboxylic acids is 1. The number of hydrogen-bond acceptors (Lipinski definition) is 7. The lowest BCUT2D eigenvalue weighted by atomic mass is 10.1. The number of carboxylic acid groups (broad SMARTS) is 1. The van der Waals surface area contributed by atoms with Gasteiger partial charge < -0.3 is 14.6 Å². The Labute approximate surface area is 171 Å². The average Bonchev–Trinajstić information content (AvgIpc) is 3.14. The Morgan fingerprint density at radius 1 is 1.10 bits per heavy atom. The molecule has 8 nitrogen and oxygen atoms in total. The van der Waals surface area contributed by atoms with Crippen LogP contribution in [0.1, 0.15) is 17.8 Å². The van der Waals surface area contributed by atoms with Gasteiger partial charge in [-0.3, -0.25) is 4.79 Å². The molecule has 1 atom stereocenters. The molecule has 148 valence electrons. The fourth-order valence-corrected chi connectivity index (χ4v) is 3.99. The van der Waals surface area contributed by atoms with E-state index >= 15 is 0 Å². The van der Waals surface area contributed by atoms with Crippen LogP contribution in [0.15, 0.2) is 64.9 Å². The van der Waals surface area contributed by atoms with Gasteiger partial charge in [-0.2, -0.15) is 9.78 Å². The van der Waals surface area contributed by atoms with E-state index in [4.69, 9.17) is 9.47 Å². The van der Waals surface area contributed by atoms with Crippen molar-refractivity contribution in [2.24, 2.45) is 5.10 Å². The summed E-state index contributed by atoms with van der Waals surface area (Å²) < 4.78 is 12.6. The van der Waals surface area contributed by atoms with E-state index in [9.17, 15) is 9.90 Å². The number of fused-ring (bicyclic) bond motifs is 1. The summed E-state index contributed by atoms with van der Waals surface area (Å²) >= 11 is 1.34. The van der Waals surface area contributed by atoms with E-state index in [1.54, 1.807) is 11.8 Å². The second-order valence-electron chi connectivity index (χ2n) is 6.23. The van der Waals surface area contributed by atoms with Crippen LogP contribution < -0.4 is 9.47 Å². The number of carboxylic acids is 1. The molecule has 0 aliphatic carbocycles. The first-order chi connectivity index (χ1) is 14.1. The van der Waals surface area contributed by atoms with E-state index in [0.717, 1.165) is 11.3 Å². The molecule has 9 heteroatoms. The third-order valence-corrected chi connectivity index (χ3v) is 5.43. The summed E-state index contributed by atoms with van der Waals surface area (Å²) in [5.74, 6) is 1.06. The van der Waals surface area contributed by atoms with Gasteiger partial charge in [-0.05, 0) is 29.8 Å². The Hall–Kier alpha value is -3.33. The Kier molecular flexibility index (Phi) is 5.48. The fourth-order valence-electron chi connectivity index (χ4n) is 2.88. The van der Waals surface area contributed by atoms with Gasteiger partial charge in [0, 0.05) is 0 Å². The highest BCUT2D eigenvalue weighted by molar-refractivity contribution is 8.00. The summed E-state index contributed by atoms with van der Waals surface area (Å²) in [4.78, 5) is 11.3. The van der Waals surface area contributed by atoms with E-state index < -0.39 is 5.97 Å². The molecule has 0 saturated carbocycles. The molecule has 0 radical (unpaired) electrons. The Bertz CT molecular complexity index is 1030. The number of nitrogens with zero attached hydrogens (tertiary/aromatic N) is 4. The van der Waals surface area contributed by atoms with Crippen molar-refractivity contribution in [1.29, 1.82) is 0 Å². The number of benzene rings is 2. The molecule has 1 aromatic heterocycles. The number of methoxy groups -OCH3 is 1. The highest BCUT2D eigenvalue weighted by Gasteiger charge is 2.30. The average molecular weight is 410 g/mol. The van der Waals surface area contributed by atoms with Crippen molar-refractivity contribution in [2.75, 3.05) is 7.11 Å². The van der Waals surface area contributed by atoms with Gasteiger partial charge in [0.05, 0.1) is 24.5 Å². The molecule has 4 rings (SSSR count). The zero-order chi connectivity index (χ0) is 20.2. The molecule has 2 heterocycles. The Morgan fingerprint density at radius 2 is 1.83 bits per heavy atom. The minimum atomic E-state index is -0.887. The summed E-state index contributed by atoms with van der Waals surface area (Å²) in [5.41, 5.74) is 1.55. The molecule has 2 aromatic carbocycles. The minimum absolute atomic E-state index is 0.0526. The van der Waals surface area contributed by atoms with Gasteiger partial charge in [0.25, 0.3) is 0 Å². The number of thioether (sulfide) groups is 1. The first-order valence-corrected chi connectivity index (χ1v) is 9.76. The van der Waals surface area contributed by atoms with E-state index in [1.807, 2.05) is 54.6 Å². The van der Waals surface area contributed by atoms with Crippen LogP contribution in [0.25, 0.3) is 0 Å². The molecule has 3 aromatic rings. The van der Waals surface area contributed by atoms with Crippen LogP contribution in [0, 0.1) is 0 Å². The normalized spacial score (nSPS) is 15.3. The third-order valence-electron chi connectivity index (χ3n) is 4.29. The van der Waals surface area contributed by atoms with Gasteiger partial charge in [0.1, 0.15) is 18.1 Å². The number of rotatable bonds is 7. The number of carbonyl (C=O) groups is 1. The van der Waals surface area contributed by atoms with Crippen LogP contribution in [0.5, 0.6) is 11.5 Å². The highest BCUT2D eigenvalue weighted by Crippen LogP contribution is 2.32. The maximum Gasteiger partial charge on any atom is 0.304 e. The first-order valence-electron chi connectivity index (χ1n) is 8.88. The highest BCUT2D eigenvalue weighted by atomic mass is 32.2. The molecular weight excluding hydrogens is 392 g/mol. The molecule has 1 aliphatic rings. The molecule has 0 saturated heterocycles. The van der Waals surface area contributed by atoms with Crippen LogP contribution in [0.4, 0.5) is 0 Å². The van der Waals surface area contributed by atoms with E-state index in [1.165, 1.54) is 11.8 Å². The van der Waals surface area contributed by atoms with E-state index in [2.05, 4.69) is 15.3 Å². The zero-order valence-electron chi connectivity index (χ0n) is 15.6. The summed E-state index contributed by atoms with van der Waals surface area (Å²) in [6.45, 7) is 0.176.